The maximum Gasteiger partial charge on any atom is 0.241 e. The monoisotopic (exact) mass is 302 g/mol. The van der Waals surface area contributed by atoms with Crippen molar-refractivity contribution in [2.45, 2.75) is 37.1 Å². The fourth-order valence-corrected chi connectivity index (χ4v) is 4.06. The van der Waals surface area contributed by atoms with Crippen molar-refractivity contribution in [2.24, 2.45) is 0 Å². The lowest BCUT2D eigenvalue weighted by Crippen LogP contribution is -2.51. The number of nitrogens with two attached hydrogens (primary N) is 1. The van der Waals surface area contributed by atoms with Crippen LogP contribution in [0.1, 0.15) is 25.3 Å². The average molecular weight is 302 g/mol. The van der Waals surface area contributed by atoms with Crippen molar-refractivity contribution in [3.05, 3.63) is 23.5 Å². The first-order valence-electron chi connectivity index (χ1n) is 6.41. The van der Waals surface area contributed by atoms with Crippen LogP contribution in [0.3, 0.4) is 0 Å². The molecule has 112 valence electrons. The van der Waals surface area contributed by atoms with E-state index in [0.29, 0.717) is 19.6 Å². The summed E-state index contributed by atoms with van der Waals surface area (Å²) in [7, 11) is -3.84. The van der Waals surface area contributed by atoms with Crippen molar-refractivity contribution in [2.75, 3.05) is 18.9 Å². The number of nitrogen functional groups attached to an aromatic ring is 1. The van der Waals surface area contributed by atoms with Gasteiger partial charge < -0.3 is 10.5 Å². The van der Waals surface area contributed by atoms with Gasteiger partial charge in [-0.15, -0.1) is 0 Å². The van der Waals surface area contributed by atoms with Gasteiger partial charge in [0.05, 0.1) is 17.0 Å². The van der Waals surface area contributed by atoms with Gasteiger partial charge in [-0.3, -0.25) is 0 Å². The molecule has 1 heterocycles. The molecule has 1 saturated heterocycles. The fourth-order valence-electron chi connectivity index (χ4n) is 2.35. The van der Waals surface area contributed by atoms with Gasteiger partial charge >= 0.3 is 0 Å². The van der Waals surface area contributed by atoms with E-state index >= 15 is 0 Å². The number of benzene rings is 1. The zero-order valence-corrected chi connectivity index (χ0v) is 12.4. The van der Waals surface area contributed by atoms with Gasteiger partial charge in [-0.1, -0.05) is 0 Å². The SMILES string of the molecule is Cc1c(F)cc(N)cc1S(=O)(=O)NC1(C)CCCOC1. The van der Waals surface area contributed by atoms with Crippen molar-refractivity contribution in [1.29, 1.82) is 0 Å². The van der Waals surface area contributed by atoms with E-state index in [1.54, 1.807) is 6.92 Å². The summed E-state index contributed by atoms with van der Waals surface area (Å²) in [4.78, 5) is -0.123. The van der Waals surface area contributed by atoms with Crippen molar-refractivity contribution < 1.29 is 17.5 Å². The van der Waals surface area contributed by atoms with Crippen LogP contribution in [0.5, 0.6) is 0 Å². The molecule has 0 spiro atoms. The lowest BCUT2D eigenvalue weighted by molar-refractivity contribution is 0.0386. The van der Waals surface area contributed by atoms with E-state index in [2.05, 4.69) is 4.72 Å². The molecule has 0 bridgehead atoms. The Hall–Kier alpha value is -1.18. The molecule has 2 rings (SSSR count). The number of anilines is 1. The summed E-state index contributed by atoms with van der Waals surface area (Å²) < 4.78 is 46.5. The molecule has 1 aliphatic rings. The van der Waals surface area contributed by atoms with E-state index in [4.69, 9.17) is 10.5 Å². The van der Waals surface area contributed by atoms with Gasteiger partial charge in [0, 0.05) is 17.9 Å². The predicted octanol–water partition coefficient (Wildman–Crippen LogP) is 1.56. The first-order valence-corrected chi connectivity index (χ1v) is 7.89. The normalized spacial score (nSPS) is 23.8. The first kappa shape index (κ1) is 15.2. The lowest BCUT2D eigenvalue weighted by Gasteiger charge is -2.34. The molecule has 1 aromatic rings. The Balaban J connectivity index is 2.36. The first-order chi connectivity index (χ1) is 9.23. The molecular weight excluding hydrogens is 283 g/mol. The van der Waals surface area contributed by atoms with Gasteiger partial charge in [-0.05, 0) is 38.8 Å². The van der Waals surface area contributed by atoms with Gasteiger partial charge in [0.2, 0.25) is 10.0 Å². The summed E-state index contributed by atoms with van der Waals surface area (Å²) in [6.45, 7) is 4.13. The number of nitrogens with one attached hydrogen (secondary N) is 1. The zero-order chi connectivity index (χ0) is 15.0. The third-order valence-corrected chi connectivity index (χ3v) is 5.19. The maximum atomic E-state index is 13.6. The lowest BCUT2D eigenvalue weighted by atomic mass is 9.97. The minimum atomic E-state index is -3.84. The van der Waals surface area contributed by atoms with Crippen LogP contribution in [-0.4, -0.2) is 27.2 Å². The minimum Gasteiger partial charge on any atom is -0.399 e. The molecule has 1 atom stereocenters. The van der Waals surface area contributed by atoms with E-state index in [-0.39, 0.29) is 16.1 Å². The third-order valence-electron chi connectivity index (χ3n) is 3.43. The second-order valence-electron chi connectivity index (χ2n) is 5.45. The number of hydrogen-bond donors (Lipinski definition) is 2. The van der Waals surface area contributed by atoms with Crippen molar-refractivity contribution >= 4 is 15.7 Å². The highest BCUT2D eigenvalue weighted by Crippen LogP contribution is 2.25. The fraction of sp³-hybridized carbons (Fsp3) is 0.538. The second kappa shape index (κ2) is 5.31. The highest BCUT2D eigenvalue weighted by molar-refractivity contribution is 7.89. The van der Waals surface area contributed by atoms with Crippen LogP contribution >= 0.6 is 0 Å². The molecule has 20 heavy (non-hydrogen) atoms. The van der Waals surface area contributed by atoms with Gasteiger partial charge in [0.15, 0.2) is 0 Å². The molecule has 0 aliphatic carbocycles. The van der Waals surface area contributed by atoms with E-state index in [9.17, 15) is 12.8 Å². The summed E-state index contributed by atoms with van der Waals surface area (Å²) in [5.74, 6) is -0.629. The van der Waals surface area contributed by atoms with Gasteiger partial charge in [-0.2, -0.15) is 0 Å². The van der Waals surface area contributed by atoms with E-state index < -0.39 is 21.4 Å². The Bertz CT molecular complexity index is 610. The van der Waals surface area contributed by atoms with E-state index in [1.165, 1.54) is 13.0 Å². The summed E-state index contributed by atoms with van der Waals surface area (Å²) in [6.07, 6.45) is 1.46. The van der Waals surface area contributed by atoms with Crippen LogP contribution in [0, 0.1) is 12.7 Å². The van der Waals surface area contributed by atoms with Gasteiger partial charge in [0.1, 0.15) is 5.82 Å². The molecule has 0 radical (unpaired) electrons. The van der Waals surface area contributed by atoms with E-state index in [1.807, 2.05) is 0 Å². The van der Waals surface area contributed by atoms with Crippen molar-refractivity contribution in [1.82, 2.24) is 4.72 Å². The van der Waals surface area contributed by atoms with Crippen LogP contribution in [0.25, 0.3) is 0 Å². The molecule has 0 saturated carbocycles. The van der Waals surface area contributed by atoms with Crippen LogP contribution in [0.4, 0.5) is 10.1 Å². The standard InChI is InChI=1S/C13H19FN2O3S/c1-9-11(14)6-10(15)7-12(9)20(17,18)16-13(2)4-3-5-19-8-13/h6-7,16H,3-5,8,15H2,1-2H3. The average Bonchev–Trinajstić information content (AvgIpc) is 2.33. The molecular formula is C13H19FN2O3S. The van der Waals surface area contributed by atoms with Crippen molar-refractivity contribution in [3.8, 4) is 0 Å². The number of rotatable bonds is 3. The largest absolute Gasteiger partial charge is 0.399 e. The molecule has 0 amide bonds. The molecule has 3 N–H and O–H groups in total. The van der Waals surface area contributed by atoms with Gasteiger partial charge in [0.25, 0.3) is 0 Å². The molecule has 1 fully saturated rings. The molecule has 5 nitrogen and oxygen atoms in total. The van der Waals surface area contributed by atoms with E-state index in [0.717, 1.165) is 12.5 Å². The minimum absolute atomic E-state index is 0.0621. The maximum absolute atomic E-state index is 13.6. The molecule has 1 aromatic carbocycles. The topological polar surface area (TPSA) is 81.4 Å². The molecule has 1 unspecified atom stereocenters. The summed E-state index contributed by atoms with van der Waals surface area (Å²) >= 11 is 0. The highest BCUT2D eigenvalue weighted by atomic mass is 32.2. The highest BCUT2D eigenvalue weighted by Gasteiger charge is 2.34. The second-order valence-corrected chi connectivity index (χ2v) is 7.10. The van der Waals surface area contributed by atoms with Crippen molar-refractivity contribution in [3.63, 3.8) is 0 Å². The Labute approximate surface area is 118 Å². The predicted molar refractivity (Wildman–Crippen MR) is 74.3 cm³/mol. The van der Waals surface area contributed by atoms with Crippen LogP contribution in [0.2, 0.25) is 0 Å². The van der Waals surface area contributed by atoms with Crippen LogP contribution in [-0.2, 0) is 14.8 Å². The molecule has 0 aromatic heterocycles. The number of halogens is 1. The molecule has 1 aliphatic heterocycles. The Morgan fingerprint density at radius 2 is 2.15 bits per heavy atom. The zero-order valence-electron chi connectivity index (χ0n) is 11.6. The number of ether oxygens (including phenoxy) is 1. The third kappa shape index (κ3) is 3.11. The Morgan fingerprint density at radius 3 is 2.75 bits per heavy atom. The number of sulfonamides is 1. The van der Waals surface area contributed by atoms with Crippen LogP contribution in [0.15, 0.2) is 17.0 Å². The van der Waals surface area contributed by atoms with Gasteiger partial charge in [-0.25, -0.2) is 17.5 Å². The Morgan fingerprint density at radius 1 is 1.45 bits per heavy atom. The number of hydrogen-bond acceptors (Lipinski definition) is 4. The smallest absolute Gasteiger partial charge is 0.241 e. The molecule has 7 heteroatoms. The Kier molecular flexibility index (Phi) is 4.04. The summed E-state index contributed by atoms with van der Waals surface area (Å²) in [5.41, 5.74) is 5.00. The summed E-state index contributed by atoms with van der Waals surface area (Å²) in [5, 5.41) is 0. The summed E-state index contributed by atoms with van der Waals surface area (Å²) in [6, 6.07) is 2.38. The van der Waals surface area contributed by atoms with Crippen LogP contribution < -0.4 is 10.5 Å². The quantitative estimate of drug-likeness (QED) is 0.830.